The van der Waals surface area contributed by atoms with E-state index in [0.29, 0.717) is 21.7 Å². The maximum atomic E-state index is 12.9. The molecule has 0 radical (unpaired) electrons. The Bertz CT molecular complexity index is 1120. The molecule has 1 unspecified atom stereocenters. The summed E-state index contributed by atoms with van der Waals surface area (Å²) < 4.78 is 8.00. The molecule has 4 rings (SSSR count). The third-order valence-corrected chi connectivity index (χ3v) is 6.16. The third-order valence-electron chi connectivity index (χ3n) is 4.97. The van der Waals surface area contributed by atoms with E-state index in [1.807, 2.05) is 30.3 Å². The molecule has 0 spiro atoms. The standard InChI is InChI=1S/C20H21N3O4S/c1-22-18-15(10-16(28-18)19(25)27-12-14-8-5-9-21-14)17(24)23(20(22)26)11-13-6-3-2-4-7-13/h2-4,6-7,10,14,21H,5,8-9,11-12H2,1H3. The highest BCUT2D eigenvalue weighted by Gasteiger charge is 2.21. The van der Waals surface area contributed by atoms with E-state index < -0.39 is 17.2 Å². The highest BCUT2D eigenvalue weighted by Crippen LogP contribution is 2.23. The van der Waals surface area contributed by atoms with Gasteiger partial charge in [-0.15, -0.1) is 11.3 Å². The summed E-state index contributed by atoms with van der Waals surface area (Å²) in [6.45, 7) is 1.43. The number of aryl methyl sites for hydroxylation is 1. The zero-order valence-electron chi connectivity index (χ0n) is 15.5. The predicted molar refractivity (Wildman–Crippen MR) is 108 cm³/mol. The fraction of sp³-hybridized carbons (Fsp3) is 0.350. The maximum Gasteiger partial charge on any atom is 0.348 e. The van der Waals surface area contributed by atoms with Crippen molar-refractivity contribution in [2.75, 3.05) is 13.2 Å². The van der Waals surface area contributed by atoms with Crippen LogP contribution in [0.15, 0.2) is 46.0 Å². The molecular weight excluding hydrogens is 378 g/mol. The summed E-state index contributed by atoms with van der Waals surface area (Å²) in [5, 5.41) is 3.63. The molecule has 1 aromatic carbocycles. The van der Waals surface area contributed by atoms with Gasteiger partial charge in [-0.05, 0) is 31.0 Å². The van der Waals surface area contributed by atoms with Crippen molar-refractivity contribution >= 4 is 27.5 Å². The SMILES string of the molecule is Cn1c(=O)n(Cc2ccccc2)c(=O)c2cc(C(=O)OCC3CCCN3)sc21. The molecule has 0 saturated carbocycles. The van der Waals surface area contributed by atoms with E-state index in [1.54, 1.807) is 7.05 Å². The lowest BCUT2D eigenvalue weighted by atomic mass is 10.2. The second kappa shape index (κ2) is 7.73. The number of carbonyl (C=O) groups excluding carboxylic acids is 1. The first-order chi connectivity index (χ1) is 13.5. The molecule has 3 aromatic rings. The minimum absolute atomic E-state index is 0.186. The highest BCUT2D eigenvalue weighted by atomic mass is 32.1. The average Bonchev–Trinajstić information content (AvgIpc) is 3.38. The number of benzene rings is 1. The van der Waals surface area contributed by atoms with Crippen LogP contribution in [0.4, 0.5) is 0 Å². The zero-order valence-corrected chi connectivity index (χ0v) is 16.3. The number of nitrogens with zero attached hydrogens (tertiary/aromatic N) is 2. The molecule has 1 aliphatic rings. The lowest BCUT2D eigenvalue weighted by Gasteiger charge is -2.09. The Kier molecular flexibility index (Phi) is 5.15. The second-order valence-corrected chi connectivity index (χ2v) is 7.97. The van der Waals surface area contributed by atoms with Gasteiger partial charge in [-0.1, -0.05) is 30.3 Å². The molecule has 3 heterocycles. The summed E-state index contributed by atoms with van der Waals surface area (Å²) in [5.74, 6) is -0.462. The molecule has 1 fully saturated rings. The van der Waals surface area contributed by atoms with E-state index in [1.165, 1.54) is 15.2 Å². The van der Waals surface area contributed by atoms with Crippen molar-refractivity contribution < 1.29 is 9.53 Å². The van der Waals surface area contributed by atoms with Crippen LogP contribution in [0.3, 0.4) is 0 Å². The number of rotatable bonds is 5. The number of thiophene rings is 1. The van der Waals surface area contributed by atoms with Gasteiger partial charge in [0.25, 0.3) is 5.56 Å². The smallest absolute Gasteiger partial charge is 0.348 e. The number of fused-ring (bicyclic) bond motifs is 1. The van der Waals surface area contributed by atoms with Crippen molar-refractivity contribution in [1.29, 1.82) is 0 Å². The Morgan fingerprint density at radius 3 is 2.79 bits per heavy atom. The van der Waals surface area contributed by atoms with Gasteiger partial charge in [0.05, 0.1) is 11.9 Å². The van der Waals surface area contributed by atoms with Crippen molar-refractivity contribution in [2.45, 2.75) is 25.4 Å². The van der Waals surface area contributed by atoms with Crippen LogP contribution in [0.2, 0.25) is 0 Å². The fourth-order valence-corrected chi connectivity index (χ4v) is 4.43. The molecule has 28 heavy (non-hydrogen) atoms. The number of ether oxygens (including phenoxy) is 1. The van der Waals surface area contributed by atoms with Crippen molar-refractivity contribution in [3.05, 3.63) is 67.7 Å². The molecule has 0 bridgehead atoms. The van der Waals surface area contributed by atoms with E-state index in [9.17, 15) is 14.4 Å². The van der Waals surface area contributed by atoms with Gasteiger partial charge in [-0.3, -0.25) is 13.9 Å². The van der Waals surface area contributed by atoms with Gasteiger partial charge >= 0.3 is 11.7 Å². The molecule has 2 aromatic heterocycles. The molecular formula is C20H21N3O4S. The lowest BCUT2D eigenvalue weighted by molar-refractivity contribution is 0.0479. The number of aromatic nitrogens is 2. The number of esters is 1. The van der Waals surface area contributed by atoms with E-state index in [-0.39, 0.29) is 12.6 Å². The van der Waals surface area contributed by atoms with Crippen LogP contribution in [0, 0.1) is 0 Å². The van der Waals surface area contributed by atoms with E-state index in [0.717, 1.165) is 36.3 Å². The minimum Gasteiger partial charge on any atom is -0.460 e. The number of carbonyl (C=O) groups is 1. The molecule has 0 aliphatic carbocycles. The molecule has 146 valence electrons. The number of hydrogen-bond donors (Lipinski definition) is 1. The Labute approximate surface area is 165 Å². The molecule has 1 aliphatic heterocycles. The predicted octanol–water partition coefficient (Wildman–Crippen LogP) is 1.72. The van der Waals surface area contributed by atoms with E-state index in [4.69, 9.17) is 4.74 Å². The average molecular weight is 399 g/mol. The van der Waals surface area contributed by atoms with Gasteiger partial charge in [-0.2, -0.15) is 0 Å². The van der Waals surface area contributed by atoms with Gasteiger partial charge in [0.15, 0.2) is 0 Å². The van der Waals surface area contributed by atoms with Crippen molar-refractivity contribution in [1.82, 2.24) is 14.5 Å². The van der Waals surface area contributed by atoms with Crippen LogP contribution in [0.5, 0.6) is 0 Å². The second-order valence-electron chi connectivity index (χ2n) is 6.94. The van der Waals surface area contributed by atoms with Crippen LogP contribution in [-0.2, 0) is 18.3 Å². The van der Waals surface area contributed by atoms with Crippen LogP contribution < -0.4 is 16.6 Å². The first-order valence-electron chi connectivity index (χ1n) is 9.22. The van der Waals surface area contributed by atoms with Crippen molar-refractivity contribution in [3.8, 4) is 0 Å². The fourth-order valence-electron chi connectivity index (χ4n) is 3.44. The summed E-state index contributed by atoms with van der Waals surface area (Å²) in [5.41, 5.74) is 0.0629. The van der Waals surface area contributed by atoms with Crippen LogP contribution >= 0.6 is 11.3 Å². The first kappa shape index (κ1) is 18.6. The Hall–Kier alpha value is -2.71. The summed E-state index contributed by atoms with van der Waals surface area (Å²) in [6, 6.07) is 11.1. The van der Waals surface area contributed by atoms with E-state index >= 15 is 0 Å². The van der Waals surface area contributed by atoms with Crippen molar-refractivity contribution in [3.63, 3.8) is 0 Å². The van der Waals surface area contributed by atoms with Crippen LogP contribution in [-0.4, -0.2) is 34.3 Å². The first-order valence-corrected chi connectivity index (χ1v) is 10.0. The maximum absolute atomic E-state index is 12.9. The van der Waals surface area contributed by atoms with Gasteiger partial charge < -0.3 is 10.1 Å². The topological polar surface area (TPSA) is 82.3 Å². The molecule has 0 amide bonds. The minimum atomic E-state index is -0.462. The van der Waals surface area contributed by atoms with E-state index in [2.05, 4.69) is 5.32 Å². The summed E-state index contributed by atoms with van der Waals surface area (Å²) in [6.07, 6.45) is 2.06. The number of hydrogen-bond acceptors (Lipinski definition) is 6. The Morgan fingerprint density at radius 1 is 1.29 bits per heavy atom. The van der Waals surface area contributed by atoms with Gasteiger partial charge in [0, 0.05) is 13.1 Å². The third kappa shape index (κ3) is 3.53. The lowest BCUT2D eigenvalue weighted by Crippen LogP contribution is -2.38. The number of nitrogens with one attached hydrogen (secondary N) is 1. The summed E-state index contributed by atoms with van der Waals surface area (Å²) in [4.78, 5) is 38.8. The molecule has 1 saturated heterocycles. The van der Waals surface area contributed by atoms with Crippen LogP contribution in [0.1, 0.15) is 28.1 Å². The quantitative estimate of drug-likeness (QED) is 0.661. The molecule has 1 atom stereocenters. The van der Waals surface area contributed by atoms with Gasteiger partial charge in [0.1, 0.15) is 16.3 Å². The Morgan fingerprint density at radius 2 is 2.07 bits per heavy atom. The Balaban J connectivity index is 1.66. The van der Waals surface area contributed by atoms with Gasteiger partial charge in [0.2, 0.25) is 0 Å². The monoisotopic (exact) mass is 399 g/mol. The normalized spacial score (nSPS) is 16.5. The van der Waals surface area contributed by atoms with Crippen molar-refractivity contribution in [2.24, 2.45) is 7.05 Å². The molecule has 1 N–H and O–H groups in total. The van der Waals surface area contributed by atoms with Gasteiger partial charge in [-0.25, -0.2) is 9.59 Å². The zero-order chi connectivity index (χ0) is 19.7. The largest absolute Gasteiger partial charge is 0.460 e. The molecule has 7 nitrogen and oxygen atoms in total. The summed E-state index contributed by atoms with van der Waals surface area (Å²) in [7, 11) is 1.61. The highest BCUT2D eigenvalue weighted by molar-refractivity contribution is 7.20. The summed E-state index contributed by atoms with van der Waals surface area (Å²) >= 11 is 1.11. The molecule has 8 heteroatoms. The van der Waals surface area contributed by atoms with Crippen LogP contribution in [0.25, 0.3) is 10.2 Å².